The monoisotopic (exact) mass is 346 g/mol. The zero-order valence-corrected chi connectivity index (χ0v) is 15.0. The van der Waals surface area contributed by atoms with Crippen LogP contribution in [0.3, 0.4) is 0 Å². The van der Waals surface area contributed by atoms with Gasteiger partial charge in [0, 0.05) is 43.6 Å². The highest BCUT2D eigenvalue weighted by Gasteiger charge is 2.35. The highest BCUT2D eigenvalue weighted by molar-refractivity contribution is 7.21. The molecule has 3 N–H and O–H groups in total. The van der Waals surface area contributed by atoms with Crippen LogP contribution in [0.4, 0.5) is 5.69 Å². The molecule has 0 aliphatic carbocycles. The second-order valence-electron chi connectivity index (χ2n) is 6.58. The lowest BCUT2D eigenvalue weighted by Crippen LogP contribution is -2.46. The largest absolute Gasteiger partial charge is 0.397 e. The summed E-state index contributed by atoms with van der Waals surface area (Å²) in [6.07, 6.45) is 1.95. The molecule has 1 aliphatic rings. The van der Waals surface area contributed by atoms with E-state index in [9.17, 15) is 9.59 Å². The number of anilines is 1. The van der Waals surface area contributed by atoms with Gasteiger partial charge in [-0.15, -0.1) is 11.3 Å². The maximum Gasteiger partial charge on any atom is 0.263 e. The first-order valence-electron chi connectivity index (χ1n) is 8.03. The fraction of sp³-hybridized carbons (Fsp3) is 0.471. The van der Waals surface area contributed by atoms with Crippen LogP contribution in [0.15, 0.2) is 12.1 Å². The van der Waals surface area contributed by atoms with Crippen molar-refractivity contribution in [2.75, 3.05) is 25.9 Å². The number of carbonyl (C=O) groups excluding carboxylic acids is 2. The van der Waals surface area contributed by atoms with Crippen molar-refractivity contribution in [1.29, 1.82) is 0 Å². The van der Waals surface area contributed by atoms with E-state index in [2.05, 4.69) is 12.2 Å². The van der Waals surface area contributed by atoms with Crippen LogP contribution in [-0.2, 0) is 10.2 Å². The van der Waals surface area contributed by atoms with Crippen LogP contribution in [0.5, 0.6) is 0 Å². The van der Waals surface area contributed by atoms with Crippen molar-refractivity contribution >= 4 is 39.1 Å². The maximum atomic E-state index is 11.9. The maximum absolute atomic E-state index is 11.9. The normalized spacial score (nSPS) is 21.0. The van der Waals surface area contributed by atoms with Gasteiger partial charge in [0.05, 0.1) is 5.69 Å². The molecule has 0 spiro atoms. The molecule has 7 heteroatoms. The summed E-state index contributed by atoms with van der Waals surface area (Å²) in [4.78, 5) is 31.6. The minimum atomic E-state index is -0.191. The minimum absolute atomic E-state index is 0.101. The van der Waals surface area contributed by atoms with Crippen LogP contribution < -0.4 is 11.1 Å². The van der Waals surface area contributed by atoms with E-state index in [-0.39, 0.29) is 17.2 Å². The van der Waals surface area contributed by atoms with E-state index in [4.69, 9.17) is 10.7 Å². The van der Waals surface area contributed by atoms with Gasteiger partial charge < -0.3 is 16.0 Å². The van der Waals surface area contributed by atoms with Gasteiger partial charge in [-0.05, 0) is 25.0 Å². The molecule has 2 amide bonds. The summed E-state index contributed by atoms with van der Waals surface area (Å²) in [5.74, 6) is -0.0899. The second kappa shape index (κ2) is 6.05. The van der Waals surface area contributed by atoms with Gasteiger partial charge >= 0.3 is 0 Å². The number of carbonyl (C=O) groups is 2. The molecular weight excluding hydrogens is 324 g/mol. The molecule has 2 aromatic heterocycles. The smallest absolute Gasteiger partial charge is 0.263 e. The molecule has 3 heterocycles. The molecule has 1 aliphatic heterocycles. The van der Waals surface area contributed by atoms with Crippen LogP contribution in [0.1, 0.15) is 42.1 Å². The van der Waals surface area contributed by atoms with Crippen molar-refractivity contribution in [3.8, 4) is 0 Å². The van der Waals surface area contributed by atoms with Gasteiger partial charge in [-0.3, -0.25) is 9.59 Å². The van der Waals surface area contributed by atoms with Gasteiger partial charge in [0.1, 0.15) is 9.71 Å². The van der Waals surface area contributed by atoms with E-state index >= 15 is 0 Å². The highest BCUT2D eigenvalue weighted by Crippen LogP contribution is 2.37. The molecule has 2 aromatic rings. The number of pyridine rings is 1. The molecule has 24 heavy (non-hydrogen) atoms. The Morgan fingerprint density at radius 2 is 2.17 bits per heavy atom. The fourth-order valence-corrected chi connectivity index (χ4v) is 4.37. The minimum Gasteiger partial charge on any atom is -0.397 e. The molecule has 1 fully saturated rings. The molecule has 0 saturated carbocycles. The Hall–Kier alpha value is -2.15. The summed E-state index contributed by atoms with van der Waals surface area (Å²) < 4.78 is 0. The summed E-state index contributed by atoms with van der Waals surface area (Å²) in [5, 5.41) is 3.42. The number of nitrogen functional groups attached to an aromatic ring is 1. The van der Waals surface area contributed by atoms with E-state index in [0.29, 0.717) is 17.1 Å². The number of likely N-dealkylation sites (tertiary alicyclic amines) is 1. The van der Waals surface area contributed by atoms with Gasteiger partial charge in [0.2, 0.25) is 5.91 Å². The van der Waals surface area contributed by atoms with Crippen molar-refractivity contribution in [3.05, 3.63) is 22.7 Å². The van der Waals surface area contributed by atoms with Crippen molar-refractivity contribution in [2.45, 2.75) is 32.1 Å². The number of thiophene rings is 1. The van der Waals surface area contributed by atoms with Crippen molar-refractivity contribution in [1.82, 2.24) is 15.2 Å². The lowest BCUT2D eigenvalue weighted by atomic mass is 9.78. The van der Waals surface area contributed by atoms with Crippen molar-refractivity contribution in [3.63, 3.8) is 0 Å². The average molecular weight is 346 g/mol. The van der Waals surface area contributed by atoms with E-state index in [1.807, 2.05) is 17.0 Å². The number of nitrogens with zero attached hydrogens (tertiary/aromatic N) is 2. The quantitative estimate of drug-likeness (QED) is 0.872. The molecule has 1 atom stereocenters. The summed E-state index contributed by atoms with van der Waals surface area (Å²) in [5.41, 5.74) is 7.35. The Bertz CT molecular complexity index is 816. The Morgan fingerprint density at radius 1 is 1.42 bits per heavy atom. The first kappa shape index (κ1) is 16.7. The topological polar surface area (TPSA) is 88.3 Å². The second-order valence-corrected chi connectivity index (χ2v) is 7.58. The van der Waals surface area contributed by atoms with Crippen molar-refractivity contribution < 1.29 is 9.59 Å². The third-order valence-corrected chi connectivity index (χ3v) is 5.90. The van der Waals surface area contributed by atoms with Gasteiger partial charge in [0.25, 0.3) is 5.91 Å². The number of nitrogens with one attached hydrogen (secondary N) is 1. The summed E-state index contributed by atoms with van der Waals surface area (Å²) in [6, 6.07) is 3.91. The van der Waals surface area contributed by atoms with Gasteiger partial charge in [-0.2, -0.15) is 0 Å². The zero-order chi connectivity index (χ0) is 17.5. The summed E-state index contributed by atoms with van der Waals surface area (Å²) in [7, 11) is 1.59. The van der Waals surface area contributed by atoms with E-state index in [1.54, 1.807) is 14.0 Å². The third-order valence-electron chi connectivity index (χ3n) is 4.79. The molecule has 128 valence electrons. The zero-order valence-electron chi connectivity index (χ0n) is 14.2. The highest BCUT2D eigenvalue weighted by atomic mass is 32.1. The molecule has 0 radical (unpaired) electrons. The van der Waals surface area contributed by atoms with Gasteiger partial charge in [0.15, 0.2) is 0 Å². The average Bonchev–Trinajstić information content (AvgIpc) is 2.90. The van der Waals surface area contributed by atoms with Gasteiger partial charge in [-0.1, -0.05) is 6.92 Å². The van der Waals surface area contributed by atoms with Crippen LogP contribution in [-0.4, -0.2) is 41.8 Å². The first-order chi connectivity index (χ1) is 11.4. The van der Waals surface area contributed by atoms with Crippen LogP contribution in [0.25, 0.3) is 10.2 Å². The summed E-state index contributed by atoms with van der Waals surface area (Å²) in [6.45, 7) is 5.23. The SMILES string of the molecule is CNC(=O)c1sc2nc(C3(C)CCCN(C(C)=O)C3)ccc2c1N. The molecule has 1 unspecified atom stereocenters. The predicted octanol–water partition coefficient (Wildman–Crippen LogP) is 2.14. The molecule has 0 aromatic carbocycles. The first-order valence-corrected chi connectivity index (χ1v) is 8.84. The van der Waals surface area contributed by atoms with E-state index in [0.717, 1.165) is 35.3 Å². The number of piperidine rings is 1. The Morgan fingerprint density at radius 3 is 2.83 bits per heavy atom. The van der Waals surface area contributed by atoms with E-state index in [1.165, 1.54) is 11.3 Å². The van der Waals surface area contributed by atoms with E-state index < -0.39 is 0 Å². The van der Waals surface area contributed by atoms with Crippen LogP contribution in [0.2, 0.25) is 0 Å². The molecule has 6 nitrogen and oxygen atoms in total. The molecule has 1 saturated heterocycles. The summed E-state index contributed by atoms with van der Waals surface area (Å²) >= 11 is 1.31. The molecule has 0 bridgehead atoms. The molecular formula is C17H22N4O2S. The number of aromatic nitrogens is 1. The number of amides is 2. The Kier molecular flexibility index (Phi) is 4.21. The predicted molar refractivity (Wildman–Crippen MR) is 96.3 cm³/mol. The number of fused-ring (bicyclic) bond motifs is 1. The standard InChI is InChI=1S/C17H22N4O2S/c1-10(22)21-8-4-7-17(2,9-21)12-6-5-11-13(18)14(15(23)19-3)24-16(11)20-12/h5-6H,4,7-9,18H2,1-3H3,(H,19,23). The number of nitrogens with two attached hydrogens (primary N) is 1. The van der Waals surface area contributed by atoms with Crippen LogP contribution >= 0.6 is 11.3 Å². The Balaban J connectivity index is 2.01. The molecule has 3 rings (SSSR count). The third kappa shape index (κ3) is 2.73. The van der Waals surface area contributed by atoms with Crippen LogP contribution in [0, 0.1) is 0 Å². The fourth-order valence-electron chi connectivity index (χ4n) is 3.33. The Labute approximate surface area is 145 Å². The van der Waals surface area contributed by atoms with Crippen molar-refractivity contribution in [2.24, 2.45) is 0 Å². The lowest BCUT2D eigenvalue weighted by molar-refractivity contribution is -0.130. The number of rotatable bonds is 2. The number of hydrogen-bond acceptors (Lipinski definition) is 5. The van der Waals surface area contributed by atoms with Gasteiger partial charge in [-0.25, -0.2) is 4.98 Å². The lowest BCUT2D eigenvalue weighted by Gasteiger charge is -2.39. The number of hydrogen-bond donors (Lipinski definition) is 2.